The van der Waals surface area contributed by atoms with Gasteiger partial charge in [0.25, 0.3) is 11.8 Å². The quantitative estimate of drug-likeness (QED) is 0.117. The molecule has 2 aliphatic carbocycles. The van der Waals surface area contributed by atoms with Gasteiger partial charge in [-0.15, -0.1) is 0 Å². The number of aromatic hydroxyl groups is 1. The number of hydrazine groups is 1. The second kappa shape index (κ2) is 13.2. The molecule has 276 valence electrons. The van der Waals surface area contributed by atoms with Gasteiger partial charge in [0.05, 0.1) is 39.4 Å². The van der Waals surface area contributed by atoms with Crippen LogP contribution in [0.3, 0.4) is 0 Å². The van der Waals surface area contributed by atoms with E-state index in [1.807, 2.05) is 6.08 Å². The van der Waals surface area contributed by atoms with Gasteiger partial charge in [-0.1, -0.05) is 58.6 Å². The first-order valence-electron chi connectivity index (χ1n) is 16.6. The number of fused-ring (bicyclic) bond motifs is 4. The maximum Gasteiger partial charge on any atom is 0.417 e. The van der Waals surface area contributed by atoms with Gasteiger partial charge in [-0.05, 0) is 108 Å². The predicted octanol–water partition coefficient (Wildman–Crippen LogP) is 8.56. The van der Waals surface area contributed by atoms with Gasteiger partial charge in [0, 0.05) is 31.3 Å². The van der Waals surface area contributed by atoms with E-state index in [2.05, 4.69) is 33.0 Å². The number of carbonyl (C=O) groups excluding carboxylic acids is 4. The molecule has 4 aromatic rings. The highest BCUT2D eigenvalue weighted by atomic mass is 127. The lowest BCUT2D eigenvalue weighted by atomic mass is 9.49. The van der Waals surface area contributed by atoms with Crippen LogP contribution in [0.2, 0.25) is 15.1 Å². The Hall–Kier alpha value is -4.18. The Balaban J connectivity index is 1.32. The third kappa shape index (κ3) is 5.60. The molecule has 1 aromatic heterocycles. The average Bonchev–Trinajstić information content (AvgIpc) is 3.51. The number of amides is 4. The minimum Gasteiger partial charge on any atom is -0.508 e. The second-order valence-corrected chi connectivity index (χ2v) is 16.1. The van der Waals surface area contributed by atoms with Gasteiger partial charge in [0.2, 0.25) is 11.8 Å². The van der Waals surface area contributed by atoms with Gasteiger partial charge in [0.15, 0.2) is 5.82 Å². The minimum atomic E-state index is -4.76. The molecule has 8 rings (SSSR count). The normalized spacial score (nSPS) is 26.4. The highest BCUT2D eigenvalue weighted by molar-refractivity contribution is 14.1. The molecule has 2 saturated heterocycles. The molecular weight excluding hydrogens is 883 g/mol. The lowest BCUT2D eigenvalue weighted by molar-refractivity contribution is -0.139. The Morgan fingerprint density at radius 3 is 2.22 bits per heavy atom. The third-order valence-electron chi connectivity index (χ3n) is 10.9. The largest absolute Gasteiger partial charge is 0.508 e. The summed E-state index contributed by atoms with van der Waals surface area (Å²) in [6, 6.07) is 18.2. The summed E-state index contributed by atoms with van der Waals surface area (Å²) in [4.78, 5) is 63.4. The SMILES string of the molecule is O=C1C2CC3C(=CCC4C(=O)N(c5ccc(I)cc5)C(=O)C43)C(c3cc(Cl)ccc3O)C2(c2ccc(Cl)cc2)C(=O)N1Nc1ncc(C(F)(F)F)cc1Cl. The summed E-state index contributed by atoms with van der Waals surface area (Å²) in [6.45, 7) is 0. The van der Waals surface area contributed by atoms with E-state index in [0.29, 0.717) is 39.1 Å². The average molecular weight is 908 g/mol. The van der Waals surface area contributed by atoms with Gasteiger partial charge >= 0.3 is 6.18 Å². The van der Waals surface area contributed by atoms with Crippen molar-refractivity contribution in [3.8, 4) is 5.75 Å². The number of phenolic OH excluding ortho intramolecular Hbond substituents is 1. The molecule has 0 radical (unpaired) electrons. The summed E-state index contributed by atoms with van der Waals surface area (Å²) in [7, 11) is 0. The molecule has 2 aliphatic heterocycles. The zero-order valence-electron chi connectivity index (χ0n) is 27.5. The summed E-state index contributed by atoms with van der Waals surface area (Å²) in [5, 5.41) is 12.2. The van der Waals surface area contributed by atoms with Gasteiger partial charge in [0.1, 0.15) is 5.75 Å². The van der Waals surface area contributed by atoms with Crippen LogP contribution in [0.15, 0.2) is 90.6 Å². The number of alkyl halides is 3. The van der Waals surface area contributed by atoms with Crippen LogP contribution in [0.4, 0.5) is 24.7 Å². The van der Waals surface area contributed by atoms with Gasteiger partial charge in [-0.25, -0.2) is 4.98 Å². The number of pyridine rings is 1. The van der Waals surface area contributed by atoms with Crippen molar-refractivity contribution in [1.29, 1.82) is 0 Å². The second-order valence-electron chi connectivity index (χ2n) is 13.6. The Morgan fingerprint density at radius 2 is 1.56 bits per heavy atom. The van der Waals surface area contributed by atoms with Gasteiger partial charge < -0.3 is 5.11 Å². The molecule has 6 unspecified atom stereocenters. The number of anilines is 2. The number of rotatable bonds is 5. The number of nitrogens with one attached hydrogen (secondary N) is 1. The zero-order chi connectivity index (χ0) is 38.4. The van der Waals surface area contributed by atoms with Crippen LogP contribution >= 0.6 is 57.4 Å². The fourth-order valence-corrected chi connectivity index (χ4v) is 9.60. The molecule has 0 spiro atoms. The summed E-state index contributed by atoms with van der Waals surface area (Å²) in [5.41, 5.74) is 1.11. The van der Waals surface area contributed by atoms with Crippen molar-refractivity contribution in [2.45, 2.75) is 30.4 Å². The number of halogens is 7. The maximum atomic E-state index is 15.2. The minimum absolute atomic E-state index is 0.0794. The number of aromatic nitrogens is 1. The Labute approximate surface area is 334 Å². The van der Waals surface area contributed by atoms with E-state index in [1.54, 1.807) is 48.5 Å². The van der Waals surface area contributed by atoms with E-state index >= 15 is 4.79 Å². The van der Waals surface area contributed by atoms with Gasteiger partial charge in [-0.2, -0.15) is 18.2 Å². The maximum absolute atomic E-state index is 15.2. The van der Waals surface area contributed by atoms with Crippen LogP contribution < -0.4 is 10.3 Å². The standard InChI is InChI=1S/C38H25Cl3F3IN4O5/c39-19-3-1-17(2-4-19)37-27(34(52)49(36(37)54)47-32-28(41)13-18(16-46-32)38(42,43)44)15-25-23(31(37)26-14-20(40)5-12-29(26)50)10-11-24-30(25)35(53)48(33(24)51)22-8-6-21(45)7-9-22/h1-10,12-14,16,24-25,27,30-31,50H,11,15H2,(H,46,47). The summed E-state index contributed by atoms with van der Waals surface area (Å²) in [5.74, 6) is -7.90. The van der Waals surface area contributed by atoms with Crippen molar-refractivity contribution in [3.05, 3.63) is 126 Å². The van der Waals surface area contributed by atoms with Crippen molar-refractivity contribution in [2.75, 3.05) is 10.3 Å². The van der Waals surface area contributed by atoms with E-state index in [-0.39, 0.29) is 35.0 Å². The van der Waals surface area contributed by atoms with Crippen LogP contribution in [0.1, 0.15) is 35.4 Å². The first-order chi connectivity index (χ1) is 25.6. The fraction of sp³-hybridized carbons (Fsp3) is 0.237. The Morgan fingerprint density at radius 1 is 0.870 bits per heavy atom. The number of imide groups is 2. The highest BCUT2D eigenvalue weighted by Crippen LogP contribution is 2.65. The van der Waals surface area contributed by atoms with Crippen molar-refractivity contribution >= 4 is 92.5 Å². The summed E-state index contributed by atoms with van der Waals surface area (Å²) >= 11 is 21.2. The molecule has 6 atom stereocenters. The fourth-order valence-electron chi connectivity index (χ4n) is 8.73. The Kier molecular flexibility index (Phi) is 9.02. The molecule has 3 heterocycles. The first kappa shape index (κ1) is 36.8. The van der Waals surface area contributed by atoms with Crippen LogP contribution in [0.25, 0.3) is 0 Å². The molecule has 2 N–H and O–H groups in total. The molecule has 4 aliphatic rings. The van der Waals surface area contributed by atoms with Crippen LogP contribution in [0.5, 0.6) is 5.75 Å². The molecular formula is C38H25Cl3F3IN4O5. The monoisotopic (exact) mass is 906 g/mol. The lowest BCUT2D eigenvalue weighted by Gasteiger charge is -2.50. The number of allylic oxidation sites excluding steroid dienone is 2. The molecule has 4 amide bonds. The molecule has 3 aromatic carbocycles. The molecule has 16 heteroatoms. The topological polar surface area (TPSA) is 120 Å². The van der Waals surface area contributed by atoms with Crippen molar-refractivity contribution in [3.63, 3.8) is 0 Å². The van der Waals surface area contributed by atoms with Gasteiger partial charge in [-0.3, -0.25) is 29.5 Å². The molecule has 54 heavy (non-hydrogen) atoms. The summed E-state index contributed by atoms with van der Waals surface area (Å²) < 4.78 is 41.3. The van der Waals surface area contributed by atoms with E-state index in [0.717, 1.165) is 3.57 Å². The lowest BCUT2D eigenvalue weighted by Crippen LogP contribution is -2.53. The number of phenols is 1. The van der Waals surface area contributed by atoms with E-state index in [9.17, 15) is 32.7 Å². The first-order valence-corrected chi connectivity index (χ1v) is 18.8. The summed E-state index contributed by atoms with van der Waals surface area (Å²) in [6.07, 6.45) is -2.37. The number of nitrogens with zero attached hydrogens (tertiary/aromatic N) is 3. The highest BCUT2D eigenvalue weighted by Gasteiger charge is 2.70. The van der Waals surface area contributed by atoms with Crippen LogP contribution in [-0.4, -0.2) is 38.7 Å². The van der Waals surface area contributed by atoms with Crippen molar-refractivity contribution in [2.24, 2.45) is 23.7 Å². The number of hydrogen-bond acceptors (Lipinski definition) is 7. The van der Waals surface area contributed by atoms with E-state index in [1.165, 1.54) is 23.1 Å². The number of hydrogen-bond donors (Lipinski definition) is 2. The van der Waals surface area contributed by atoms with Crippen LogP contribution in [0, 0.1) is 27.2 Å². The van der Waals surface area contributed by atoms with Crippen molar-refractivity contribution < 1.29 is 37.5 Å². The molecule has 0 bridgehead atoms. The molecule has 1 saturated carbocycles. The number of benzene rings is 3. The smallest absolute Gasteiger partial charge is 0.417 e. The third-order valence-corrected chi connectivity index (χ3v) is 12.4. The zero-order valence-corrected chi connectivity index (χ0v) is 31.9. The molecule has 9 nitrogen and oxygen atoms in total. The van der Waals surface area contributed by atoms with Crippen molar-refractivity contribution in [1.82, 2.24) is 9.99 Å². The van der Waals surface area contributed by atoms with E-state index < -0.39 is 75.4 Å². The van der Waals surface area contributed by atoms with Crippen LogP contribution in [-0.2, 0) is 30.8 Å². The predicted molar refractivity (Wildman–Crippen MR) is 202 cm³/mol. The number of carbonyl (C=O) groups is 4. The Bertz CT molecular complexity index is 2310. The molecule has 3 fully saturated rings. The van der Waals surface area contributed by atoms with E-state index in [4.69, 9.17) is 34.8 Å².